The third-order valence-corrected chi connectivity index (χ3v) is 3.28. The molecule has 0 radical (unpaired) electrons. The molecule has 0 aromatic heterocycles. The minimum absolute atomic E-state index is 0.104. The van der Waals surface area contributed by atoms with Crippen LogP contribution in [0.1, 0.15) is 31.7 Å². The quantitative estimate of drug-likeness (QED) is 0.741. The molecule has 0 aliphatic carbocycles. The molecule has 1 amide bonds. The third-order valence-electron chi connectivity index (χ3n) is 3.28. The fourth-order valence-corrected chi connectivity index (χ4v) is 1.98. The molecule has 0 spiro atoms. The summed E-state index contributed by atoms with van der Waals surface area (Å²) in [7, 11) is 1.56. The van der Waals surface area contributed by atoms with Gasteiger partial charge in [-0.05, 0) is 24.1 Å². The SMILES string of the molecule is CCC(=O)CCCN(Cc1ccc(OC)cc1)C(=O)C(=O)O. The minimum Gasteiger partial charge on any atom is -0.497 e. The van der Waals surface area contributed by atoms with Gasteiger partial charge in [-0.15, -0.1) is 0 Å². The fraction of sp³-hybridized carbons (Fsp3) is 0.438. The number of ether oxygens (including phenoxy) is 1. The van der Waals surface area contributed by atoms with Gasteiger partial charge in [0.2, 0.25) is 0 Å². The third kappa shape index (κ3) is 5.55. The second-order valence-electron chi connectivity index (χ2n) is 4.88. The van der Waals surface area contributed by atoms with Gasteiger partial charge in [0, 0.05) is 25.9 Å². The summed E-state index contributed by atoms with van der Waals surface area (Å²) in [5.41, 5.74) is 0.803. The lowest BCUT2D eigenvalue weighted by molar-refractivity contribution is -0.156. The number of carbonyl (C=O) groups is 3. The molecule has 0 saturated carbocycles. The number of benzene rings is 1. The summed E-state index contributed by atoms with van der Waals surface area (Å²) in [4.78, 5) is 35.2. The normalized spacial score (nSPS) is 10.1. The van der Waals surface area contributed by atoms with Crippen molar-refractivity contribution in [3.63, 3.8) is 0 Å². The first kappa shape index (κ1) is 17.7. The van der Waals surface area contributed by atoms with Gasteiger partial charge in [-0.2, -0.15) is 0 Å². The molecule has 0 unspecified atom stereocenters. The molecular weight excluding hydrogens is 286 g/mol. The predicted octanol–water partition coefficient (Wildman–Crippen LogP) is 1.87. The van der Waals surface area contributed by atoms with Crippen LogP contribution in [0.5, 0.6) is 5.75 Å². The fourth-order valence-electron chi connectivity index (χ4n) is 1.98. The second-order valence-corrected chi connectivity index (χ2v) is 4.88. The Kier molecular flexibility index (Phi) is 7.08. The number of carboxylic acids is 1. The van der Waals surface area contributed by atoms with Crippen LogP contribution in [0, 0.1) is 0 Å². The van der Waals surface area contributed by atoms with Crippen LogP contribution in [0.15, 0.2) is 24.3 Å². The highest BCUT2D eigenvalue weighted by Gasteiger charge is 2.21. The maximum atomic E-state index is 11.7. The summed E-state index contributed by atoms with van der Waals surface area (Å²) >= 11 is 0. The monoisotopic (exact) mass is 307 g/mol. The minimum atomic E-state index is -1.49. The molecule has 22 heavy (non-hydrogen) atoms. The highest BCUT2D eigenvalue weighted by molar-refractivity contribution is 6.31. The summed E-state index contributed by atoms with van der Waals surface area (Å²) in [5, 5.41) is 8.89. The molecule has 0 fully saturated rings. The van der Waals surface area contributed by atoms with E-state index in [4.69, 9.17) is 9.84 Å². The molecule has 0 atom stereocenters. The molecule has 6 nitrogen and oxygen atoms in total. The Morgan fingerprint density at radius 1 is 1.18 bits per heavy atom. The van der Waals surface area contributed by atoms with E-state index in [0.29, 0.717) is 25.0 Å². The largest absolute Gasteiger partial charge is 0.497 e. The number of carbonyl (C=O) groups excluding carboxylic acids is 2. The van der Waals surface area contributed by atoms with Gasteiger partial charge in [0.25, 0.3) is 0 Å². The lowest BCUT2D eigenvalue weighted by Gasteiger charge is -2.20. The van der Waals surface area contributed by atoms with Crippen LogP contribution >= 0.6 is 0 Å². The van der Waals surface area contributed by atoms with E-state index in [0.717, 1.165) is 5.56 Å². The maximum absolute atomic E-state index is 11.7. The van der Waals surface area contributed by atoms with Crippen molar-refractivity contribution in [3.05, 3.63) is 29.8 Å². The molecular formula is C16H21NO5. The highest BCUT2D eigenvalue weighted by Crippen LogP contribution is 2.13. The Balaban J connectivity index is 2.70. The predicted molar refractivity (Wildman–Crippen MR) is 80.6 cm³/mol. The number of aliphatic carboxylic acids is 1. The molecule has 1 rings (SSSR count). The number of Topliss-reactive ketones (excluding diaryl/α,β-unsaturated/α-hetero) is 1. The van der Waals surface area contributed by atoms with E-state index in [-0.39, 0.29) is 18.9 Å². The van der Waals surface area contributed by atoms with Crippen LogP contribution in [0.3, 0.4) is 0 Å². The van der Waals surface area contributed by atoms with E-state index >= 15 is 0 Å². The molecule has 120 valence electrons. The van der Waals surface area contributed by atoms with Gasteiger partial charge >= 0.3 is 11.9 Å². The first-order valence-corrected chi connectivity index (χ1v) is 7.14. The van der Waals surface area contributed by atoms with Crippen molar-refractivity contribution < 1.29 is 24.2 Å². The Hall–Kier alpha value is -2.37. The van der Waals surface area contributed by atoms with Crippen LogP contribution in [0.2, 0.25) is 0 Å². The number of methoxy groups -OCH3 is 1. The molecule has 1 aromatic rings. The van der Waals surface area contributed by atoms with E-state index in [1.165, 1.54) is 4.90 Å². The standard InChI is InChI=1S/C16H21NO5/c1-3-13(18)5-4-10-17(15(19)16(20)21)11-12-6-8-14(22-2)9-7-12/h6-9H,3-5,10-11H2,1-2H3,(H,20,21). The smallest absolute Gasteiger partial charge is 0.394 e. The van der Waals surface area contributed by atoms with Crippen molar-refractivity contribution in [2.45, 2.75) is 32.7 Å². The van der Waals surface area contributed by atoms with E-state index in [1.54, 1.807) is 38.3 Å². The summed E-state index contributed by atoms with van der Waals surface area (Å²) in [6, 6.07) is 7.05. The molecule has 0 bridgehead atoms. The first-order chi connectivity index (χ1) is 10.5. The van der Waals surface area contributed by atoms with Crippen molar-refractivity contribution in [1.29, 1.82) is 0 Å². The zero-order chi connectivity index (χ0) is 16.5. The Morgan fingerprint density at radius 2 is 1.82 bits per heavy atom. The van der Waals surface area contributed by atoms with Crippen LogP contribution in [-0.4, -0.2) is 41.3 Å². The van der Waals surface area contributed by atoms with Gasteiger partial charge in [0.05, 0.1) is 7.11 Å². The average Bonchev–Trinajstić information content (AvgIpc) is 2.53. The molecule has 6 heteroatoms. The molecule has 0 saturated heterocycles. The van der Waals surface area contributed by atoms with Crippen molar-refractivity contribution in [2.24, 2.45) is 0 Å². The number of hydrogen-bond acceptors (Lipinski definition) is 4. The maximum Gasteiger partial charge on any atom is 0.394 e. The van der Waals surface area contributed by atoms with Gasteiger partial charge in [0.15, 0.2) is 0 Å². The van der Waals surface area contributed by atoms with Crippen molar-refractivity contribution >= 4 is 17.7 Å². The number of ketones is 1. The summed E-state index contributed by atoms with van der Waals surface area (Å²) in [5.74, 6) is -1.66. The topological polar surface area (TPSA) is 83.9 Å². The van der Waals surface area contributed by atoms with Crippen LogP contribution in [0.25, 0.3) is 0 Å². The molecule has 1 aromatic carbocycles. The van der Waals surface area contributed by atoms with E-state index in [1.807, 2.05) is 0 Å². The second kappa shape index (κ2) is 8.81. The van der Waals surface area contributed by atoms with Crippen molar-refractivity contribution in [1.82, 2.24) is 4.90 Å². The Morgan fingerprint density at radius 3 is 2.32 bits per heavy atom. The molecule has 1 N–H and O–H groups in total. The van der Waals surface area contributed by atoms with E-state index < -0.39 is 11.9 Å². The molecule has 0 aliphatic rings. The summed E-state index contributed by atoms with van der Waals surface area (Å²) in [6.07, 6.45) is 1.26. The number of carboxylic acid groups (broad SMARTS) is 1. The van der Waals surface area contributed by atoms with E-state index in [2.05, 4.69) is 0 Å². The van der Waals surface area contributed by atoms with Crippen molar-refractivity contribution in [2.75, 3.05) is 13.7 Å². The molecule has 0 heterocycles. The lowest BCUT2D eigenvalue weighted by Crippen LogP contribution is -2.36. The van der Waals surface area contributed by atoms with Gasteiger partial charge in [-0.25, -0.2) is 4.79 Å². The number of rotatable bonds is 8. The lowest BCUT2D eigenvalue weighted by atomic mass is 10.1. The number of hydrogen-bond donors (Lipinski definition) is 1. The average molecular weight is 307 g/mol. The number of nitrogens with zero attached hydrogens (tertiary/aromatic N) is 1. The Labute approximate surface area is 129 Å². The summed E-state index contributed by atoms with van der Waals surface area (Å²) in [6.45, 7) is 2.21. The highest BCUT2D eigenvalue weighted by atomic mass is 16.5. The van der Waals surface area contributed by atoms with Gasteiger partial charge in [0.1, 0.15) is 11.5 Å². The van der Waals surface area contributed by atoms with Gasteiger partial charge < -0.3 is 14.7 Å². The first-order valence-electron chi connectivity index (χ1n) is 7.14. The zero-order valence-electron chi connectivity index (χ0n) is 12.9. The zero-order valence-corrected chi connectivity index (χ0v) is 12.9. The van der Waals surface area contributed by atoms with Crippen molar-refractivity contribution in [3.8, 4) is 5.75 Å². The Bertz CT molecular complexity index is 524. The van der Waals surface area contributed by atoms with Crippen LogP contribution in [-0.2, 0) is 20.9 Å². The number of amides is 1. The summed E-state index contributed by atoms with van der Waals surface area (Å²) < 4.78 is 5.05. The molecule has 0 aliphatic heterocycles. The van der Waals surface area contributed by atoms with Crippen LogP contribution in [0.4, 0.5) is 0 Å². The van der Waals surface area contributed by atoms with Gasteiger partial charge in [-0.1, -0.05) is 19.1 Å². The van der Waals surface area contributed by atoms with Crippen LogP contribution < -0.4 is 4.74 Å². The van der Waals surface area contributed by atoms with E-state index in [9.17, 15) is 14.4 Å². The van der Waals surface area contributed by atoms with Gasteiger partial charge in [-0.3, -0.25) is 9.59 Å².